The van der Waals surface area contributed by atoms with E-state index in [1.807, 2.05) is 0 Å². The number of ether oxygens (including phenoxy) is 2. The predicted octanol–water partition coefficient (Wildman–Crippen LogP) is 4.99. The number of rotatable bonds is 8. The number of aromatic nitrogens is 3. The molecule has 0 saturated heterocycles. The number of Topliss-reactive ketones (excluding diaryl/α,β-unsaturated/α-hetero) is 1. The number of aliphatic hydroxyl groups excluding tert-OH is 1. The largest absolute Gasteiger partial charge is 0.495 e. The number of nitrogens with zero attached hydrogens (tertiary/aromatic N) is 3. The van der Waals surface area contributed by atoms with Crippen molar-refractivity contribution in [1.82, 2.24) is 14.5 Å². The van der Waals surface area contributed by atoms with E-state index >= 15 is 4.39 Å². The number of aryl methyl sites for hydroxylation is 1. The molecule has 5 aromatic rings. The number of methoxy groups -OCH3 is 1. The van der Waals surface area contributed by atoms with E-state index in [1.165, 1.54) is 72.7 Å². The standard InChI is InChI=1S/C30H23F2N3O5/c1-35-15-21(30(38)28(24(35)16-36)18-4-6-19(31)7-5-18)25(37)12-17-3-8-26(22(32)11-17)40-27-9-10-33-23-13-20(39-2)14-34-29(23)27/h3-11,13-15,36H,12,16H2,1-2H3. The second-order valence-corrected chi connectivity index (χ2v) is 8.99. The highest BCUT2D eigenvalue weighted by Crippen LogP contribution is 2.31. The van der Waals surface area contributed by atoms with E-state index in [1.54, 1.807) is 19.2 Å². The van der Waals surface area contributed by atoms with Gasteiger partial charge in [0.05, 0.1) is 42.3 Å². The average Bonchev–Trinajstić information content (AvgIpc) is 2.95. The molecule has 0 amide bonds. The van der Waals surface area contributed by atoms with Gasteiger partial charge in [-0.05, 0) is 35.4 Å². The maximum Gasteiger partial charge on any atom is 0.200 e. The van der Waals surface area contributed by atoms with E-state index in [-0.39, 0.29) is 34.7 Å². The predicted molar refractivity (Wildman–Crippen MR) is 144 cm³/mol. The van der Waals surface area contributed by atoms with E-state index in [0.717, 1.165) is 0 Å². The van der Waals surface area contributed by atoms with E-state index in [0.29, 0.717) is 27.9 Å². The summed E-state index contributed by atoms with van der Waals surface area (Å²) in [5.41, 5.74) is 1.25. The van der Waals surface area contributed by atoms with Crippen molar-refractivity contribution in [3.8, 4) is 28.4 Å². The van der Waals surface area contributed by atoms with E-state index in [4.69, 9.17) is 9.47 Å². The summed E-state index contributed by atoms with van der Waals surface area (Å²) in [7, 11) is 3.10. The average molecular weight is 544 g/mol. The molecule has 5 rings (SSSR count). The lowest BCUT2D eigenvalue weighted by molar-refractivity contribution is 0.0991. The van der Waals surface area contributed by atoms with Crippen LogP contribution < -0.4 is 14.9 Å². The van der Waals surface area contributed by atoms with Gasteiger partial charge in [-0.1, -0.05) is 18.2 Å². The second-order valence-electron chi connectivity index (χ2n) is 8.99. The van der Waals surface area contributed by atoms with Gasteiger partial charge in [0.15, 0.2) is 23.1 Å². The lowest BCUT2D eigenvalue weighted by Crippen LogP contribution is -2.23. The SMILES string of the molecule is COc1cnc2c(Oc3ccc(CC(=O)c4cn(C)c(CO)c(-c5ccc(F)cc5)c4=O)cc3F)ccnc2c1. The fourth-order valence-electron chi connectivity index (χ4n) is 4.39. The number of carbonyl (C=O) groups excluding carboxylic acids is 1. The summed E-state index contributed by atoms with van der Waals surface area (Å²) in [6, 6.07) is 12.5. The van der Waals surface area contributed by atoms with Gasteiger partial charge in [-0.2, -0.15) is 0 Å². The Bertz CT molecular complexity index is 1800. The Morgan fingerprint density at radius 1 is 1.02 bits per heavy atom. The number of benzene rings is 2. The molecule has 0 atom stereocenters. The third kappa shape index (κ3) is 5.16. The summed E-state index contributed by atoms with van der Waals surface area (Å²) in [6.45, 7) is -0.463. The van der Waals surface area contributed by atoms with Gasteiger partial charge < -0.3 is 19.1 Å². The first-order valence-corrected chi connectivity index (χ1v) is 12.2. The molecule has 0 aliphatic rings. The third-order valence-electron chi connectivity index (χ3n) is 6.42. The Morgan fingerprint density at radius 2 is 1.80 bits per heavy atom. The summed E-state index contributed by atoms with van der Waals surface area (Å²) < 4.78 is 40.9. The van der Waals surface area contributed by atoms with Crippen LogP contribution in [0.15, 0.2) is 78.0 Å². The number of halogens is 2. The van der Waals surface area contributed by atoms with Crippen LogP contribution in [0.2, 0.25) is 0 Å². The molecule has 0 aliphatic heterocycles. The van der Waals surface area contributed by atoms with Crippen molar-refractivity contribution in [2.24, 2.45) is 7.05 Å². The van der Waals surface area contributed by atoms with Crippen LogP contribution in [-0.4, -0.2) is 32.5 Å². The first kappa shape index (κ1) is 26.6. The van der Waals surface area contributed by atoms with Crippen LogP contribution in [0.4, 0.5) is 8.78 Å². The van der Waals surface area contributed by atoms with Gasteiger partial charge in [0.2, 0.25) is 5.43 Å². The fraction of sp³-hybridized carbons (Fsp3) is 0.133. The monoisotopic (exact) mass is 543 g/mol. The Kier molecular flexibility index (Phi) is 7.35. The Hall–Kier alpha value is -4.96. The van der Waals surface area contributed by atoms with Crippen LogP contribution in [0.3, 0.4) is 0 Å². The van der Waals surface area contributed by atoms with Crippen molar-refractivity contribution in [2.75, 3.05) is 7.11 Å². The normalized spacial score (nSPS) is 11.0. The minimum Gasteiger partial charge on any atom is -0.495 e. The molecule has 0 fully saturated rings. The van der Waals surface area contributed by atoms with E-state index < -0.39 is 29.5 Å². The van der Waals surface area contributed by atoms with Crippen molar-refractivity contribution in [1.29, 1.82) is 0 Å². The molecular formula is C30H23F2N3O5. The number of pyridine rings is 3. The molecule has 1 N–H and O–H groups in total. The first-order valence-electron chi connectivity index (χ1n) is 12.2. The van der Waals surface area contributed by atoms with Crippen molar-refractivity contribution in [3.63, 3.8) is 0 Å². The zero-order valence-corrected chi connectivity index (χ0v) is 21.5. The quantitative estimate of drug-likeness (QED) is 0.275. The lowest BCUT2D eigenvalue weighted by atomic mass is 9.97. The molecule has 0 spiro atoms. The van der Waals surface area contributed by atoms with Crippen LogP contribution in [0.1, 0.15) is 21.6 Å². The maximum absolute atomic E-state index is 15.1. The molecule has 0 saturated carbocycles. The van der Waals surface area contributed by atoms with Crippen LogP contribution >= 0.6 is 0 Å². The molecular weight excluding hydrogens is 520 g/mol. The van der Waals surface area contributed by atoms with Crippen molar-refractivity contribution >= 4 is 16.8 Å². The molecule has 8 nitrogen and oxygen atoms in total. The zero-order chi connectivity index (χ0) is 28.4. The summed E-state index contributed by atoms with van der Waals surface area (Å²) in [6.07, 6.45) is 4.09. The summed E-state index contributed by atoms with van der Waals surface area (Å²) >= 11 is 0. The zero-order valence-electron chi connectivity index (χ0n) is 21.5. The summed E-state index contributed by atoms with van der Waals surface area (Å²) in [5.74, 6) is -1.01. The van der Waals surface area contributed by atoms with Crippen LogP contribution in [0, 0.1) is 11.6 Å². The smallest absolute Gasteiger partial charge is 0.200 e. The number of hydrogen-bond acceptors (Lipinski definition) is 7. The molecule has 40 heavy (non-hydrogen) atoms. The second kappa shape index (κ2) is 11.0. The summed E-state index contributed by atoms with van der Waals surface area (Å²) in [5, 5.41) is 9.86. The molecule has 3 heterocycles. The molecule has 10 heteroatoms. The van der Waals surface area contributed by atoms with E-state index in [9.17, 15) is 19.1 Å². The minimum atomic E-state index is -0.709. The van der Waals surface area contributed by atoms with Crippen molar-refractivity contribution < 1.29 is 28.2 Å². The maximum atomic E-state index is 15.1. The molecule has 0 radical (unpaired) electrons. The highest BCUT2D eigenvalue weighted by molar-refractivity contribution is 5.98. The molecule has 0 aliphatic carbocycles. The third-order valence-corrected chi connectivity index (χ3v) is 6.42. The van der Waals surface area contributed by atoms with Gasteiger partial charge in [-0.25, -0.2) is 13.8 Å². The Labute approximate surface area is 227 Å². The van der Waals surface area contributed by atoms with Crippen LogP contribution in [-0.2, 0) is 20.1 Å². The molecule has 3 aromatic heterocycles. The summed E-state index contributed by atoms with van der Waals surface area (Å²) in [4.78, 5) is 35.0. The van der Waals surface area contributed by atoms with Gasteiger partial charge in [0.25, 0.3) is 0 Å². The fourth-order valence-corrected chi connectivity index (χ4v) is 4.39. The highest BCUT2D eigenvalue weighted by Gasteiger charge is 2.21. The van der Waals surface area contributed by atoms with Crippen molar-refractivity contribution in [2.45, 2.75) is 13.0 Å². The van der Waals surface area contributed by atoms with Crippen LogP contribution in [0.25, 0.3) is 22.2 Å². The molecule has 0 unspecified atom stereocenters. The van der Waals surface area contributed by atoms with Gasteiger partial charge >= 0.3 is 0 Å². The molecule has 0 bridgehead atoms. The number of carbonyl (C=O) groups is 1. The van der Waals surface area contributed by atoms with Gasteiger partial charge in [-0.15, -0.1) is 0 Å². The minimum absolute atomic E-state index is 0.0804. The number of hydrogen-bond donors (Lipinski definition) is 1. The van der Waals surface area contributed by atoms with E-state index in [2.05, 4.69) is 9.97 Å². The number of fused-ring (bicyclic) bond motifs is 1. The van der Waals surface area contributed by atoms with Gasteiger partial charge in [-0.3, -0.25) is 14.6 Å². The van der Waals surface area contributed by atoms with Crippen molar-refractivity contribution in [3.05, 3.63) is 112 Å². The van der Waals surface area contributed by atoms with Gasteiger partial charge in [0, 0.05) is 38.0 Å². The molecule has 202 valence electrons. The Morgan fingerprint density at radius 3 is 2.50 bits per heavy atom. The number of ketones is 1. The Balaban J connectivity index is 1.42. The number of aliphatic hydroxyl groups is 1. The topological polar surface area (TPSA) is 104 Å². The molecule has 2 aromatic carbocycles. The highest BCUT2D eigenvalue weighted by atomic mass is 19.1. The lowest BCUT2D eigenvalue weighted by Gasteiger charge is -2.15. The first-order chi connectivity index (χ1) is 19.3. The van der Waals surface area contributed by atoms with Gasteiger partial charge in [0.1, 0.15) is 17.1 Å². The van der Waals surface area contributed by atoms with Crippen LogP contribution in [0.5, 0.6) is 17.2 Å².